The zero-order valence-corrected chi connectivity index (χ0v) is 20.2. The third-order valence-electron chi connectivity index (χ3n) is 6.13. The summed E-state index contributed by atoms with van der Waals surface area (Å²) in [6, 6.07) is 13.2. The summed E-state index contributed by atoms with van der Waals surface area (Å²) in [5, 5.41) is 5.98. The van der Waals surface area contributed by atoms with Gasteiger partial charge in [0.25, 0.3) is 0 Å². The predicted molar refractivity (Wildman–Crippen MR) is 138 cm³/mol. The van der Waals surface area contributed by atoms with Gasteiger partial charge in [0.1, 0.15) is 5.69 Å². The summed E-state index contributed by atoms with van der Waals surface area (Å²) in [5.41, 5.74) is 4.39. The first-order valence-electron chi connectivity index (χ1n) is 12.0. The van der Waals surface area contributed by atoms with Gasteiger partial charge < -0.3 is 29.9 Å². The highest BCUT2D eigenvalue weighted by atomic mass is 19.1. The lowest BCUT2D eigenvalue weighted by Crippen LogP contribution is -2.38. The van der Waals surface area contributed by atoms with E-state index in [1.807, 2.05) is 0 Å². The van der Waals surface area contributed by atoms with Gasteiger partial charge >= 0.3 is 0 Å². The van der Waals surface area contributed by atoms with Crippen LogP contribution < -0.4 is 20.4 Å². The van der Waals surface area contributed by atoms with Gasteiger partial charge in [0.15, 0.2) is 5.82 Å². The van der Waals surface area contributed by atoms with Crippen molar-refractivity contribution in [3.05, 3.63) is 54.5 Å². The Kier molecular flexibility index (Phi) is 7.24. The summed E-state index contributed by atoms with van der Waals surface area (Å²) in [5.74, 6) is -0.397. The fourth-order valence-electron chi connectivity index (χ4n) is 4.35. The molecule has 5 rings (SSSR count). The second-order valence-corrected chi connectivity index (χ2v) is 8.71. The summed E-state index contributed by atoms with van der Waals surface area (Å²) in [4.78, 5) is 24.5. The second kappa shape index (κ2) is 10.9. The normalized spacial score (nSPS) is 16.1. The molecular formula is C26H29FN6O3. The van der Waals surface area contributed by atoms with Gasteiger partial charge in [0.2, 0.25) is 11.9 Å². The van der Waals surface area contributed by atoms with Crippen LogP contribution in [0.2, 0.25) is 0 Å². The van der Waals surface area contributed by atoms with Gasteiger partial charge in [-0.05, 0) is 30.3 Å². The summed E-state index contributed by atoms with van der Waals surface area (Å²) < 4.78 is 25.7. The van der Waals surface area contributed by atoms with Gasteiger partial charge in [-0.15, -0.1) is 0 Å². The Morgan fingerprint density at radius 3 is 2.03 bits per heavy atom. The van der Waals surface area contributed by atoms with Gasteiger partial charge in [-0.1, -0.05) is 12.1 Å². The lowest BCUT2D eigenvalue weighted by atomic mass is 10.1. The quantitative estimate of drug-likeness (QED) is 0.539. The monoisotopic (exact) mass is 492 g/mol. The zero-order chi connectivity index (χ0) is 24.9. The smallest absolute Gasteiger partial charge is 0.227 e. The van der Waals surface area contributed by atoms with Gasteiger partial charge in [0.05, 0.1) is 32.6 Å². The fraction of sp³-hybridized carbons (Fsp3) is 0.346. The van der Waals surface area contributed by atoms with Crippen LogP contribution in [0, 0.1) is 5.82 Å². The molecule has 1 aromatic heterocycles. The Bertz CT molecular complexity index is 1170. The van der Waals surface area contributed by atoms with Gasteiger partial charge in [-0.25, -0.2) is 14.4 Å². The highest BCUT2D eigenvalue weighted by Gasteiger charge is 2.18. The number of carbonyl (C=O) groups excluding carboxylic acids is 1. The van der Waals surface area contributed by atoms with Crippen LogP contribution in [-0.2, 0) is 14.3 Å². The highest BCUT2D eigenvalue weighted by molar-refractivity contribution is 5.89. The van der Waals surface area contributed by atoms with Crippen LogP contribution in [0.1, 0.15) is 6.92 Å². The van der Waals surface area contributed by atoms with E-state index in [0.29, 0.717) is 43.6 Å². The van der Waals surface area contributed by atoms with Crippen molar-refractivity contribution >= 4 is 34.6 Å². The van der Waals surface area contributed by atoms with E-state index in [0.717, 1.165) is 43.2 Å². The standard InChI is InChI=1S/C26H29FN6O3/c1-18(34)29-20-4-2-19(3-5-20)25-24(27)17-28-26(31-25)30-21-14-22(32-6-10-35-11-7-32)16-23(15-21)33-8-12-36-13-9-33/h2-5,14-17H,6-13H2,1H3,(H,29,34)(H,28,30,31). The molecule has 0 radical (unpaired) electrons. The van der Waals surface area contributed by atoms with Crippen molar-refractivity contribution in [3.8, 4) is 11.3 Å². The van der Waals surface area contributed by atoms with Crippen LogP contribution in [0.15, 0.2) is 48.7 Å². The Labute approximate surface area is 209 Å². The molecule has 188 valence electrons. The largest absolute Gasteiger partial charge is 0.378 e. The first-order valence-corrected chi connectivity index (χ1v) is 12.0. The molecule has 2 aromatic carbocycles. The average molecular weight is 493 g/mol. The van der Waals surface area contributed by atoms with E-state index in [2.05, 4.69) is 48.6 Å². The molecule has 3 heterocycles. The highest BCUT2D eigenvalue weighted by Crippen LogP contribution is 2.31. The van der Waals surface area contributed by atoms with Crippen LogP contribution >= 0.6 is 0 Å². The van der Waals surface area contributed by atoms with E-state index in [4.69, 9.17) is 9.47 Å². The number of benzene rings is 2. The minimum atomic E-state index is -0.524. The van der Waals surface area contributed by atoms with Crippen LogP contribution in [0.4, 0.5) is 33.1 Å². The molecule has 0 aliphatic carbocycles. The van der Waals surface area contributed by atoms with Gasteiger partial charge in [-0.2, -0.15) is 0 Å². The topological polar surface area (TPSA) is 91.9 Å². The molecule has 0 bridgehead atoms. The first-order chi connectivity index (χ1) is 17.5. The molecule has 2 fully saturated rings. The molecule has 2 aliphatic heterocycles. The summed E-state index contributed by atoms with van der Waals surface area (Å²) in [7, 11) is 0. The second-order valence-electron chi connectivity index (χ2n) is 8.71. The third kappa shape index (κ3) is 5.72. The third-order valence-corrected chi connectivity index (χ3v) is 6.13. The van der Waals surface area contributed by atoms with Crippen LogP contribution in [0.3, 0.4) is 0 Å². The number of rotatable bonds is 6. The Hall–Kier alpha value is -3.76. The number of ether oxygens (including phenoxy) is 2. The molecule has 2 aliphatic rings. The summed E-state index contributed by atoms with van der Waals surface area (Å²) in [6.45, 7) is 7.47. The van der Waals surface area contributed by atoms with Crippen molar-refractivity contribution in [1.82, 2.24) is 9.97 Å². The Morgan fingerprint density at radius 2 is 1.47 bits per heavy atom. The predicted octanol–water partition coefficient (Wildman–Crippen LogP) is 3.66. The molecule has 3 aromatic rings. The maximum absolute atomic E-state index is 14.7. The number of anilines is 5. The number of hydrogen-bond donors (Lipinski definition) is 2. The molecule has 0 unspecified atom stereocenters. The SMILES string of the molecule is CC(=O)Nc1ccc(-c2nc(Nc3cc(N4CCOCC4)cc(N4CCOCC4)c3)ncc2F)cc1. The van der Waals surface area contributed by atoms with Crippen molar-refractivity contribution < 1.29 is 18.7 Å². The van der Waals surface area contributed by atoms with Crippen LogP contribution in [0.25, 0.3) is 11.3 Å². The molecule has 2 N–H and O–H groups in total. The van der Waals surface area contributed by atoms with E-state index in [1.54, 1.807) is 24.3 Å². The van der Waals surface area contributed by atoms with Crippen molar-refractivity contribution in [2.75, 3.05) is 73.0 Å². The molecular weight excluding hydrogens is 463 g/mol. The molecule has 2 saturated heterocycles. The lowest BCUT2D eigenvalue weighted by molar-refractivity contribution is -0.114. The average Bonchev–Trinajstić information content (AvgIpc) is 2.91. The molecule has 0 spiro atoms. The van der Waals surface area contributed by atoms with Crippen LogP contribution in [-0.4, -0.2) is 68.5 Å². The molecule has 9 nitrogen and oxygen atoms in total. The van der Waals surface area contributed by atoms with Crippen molar-refractivity contribution in [1.29, 1.82) is 0 Å². The Balaban J connectivity index is 1.43. The first kappa shape index (κ1) is 24.0. The fourth-order valence-corrected chi connectivity index (χ4v) is 4.35. The van der Waals surface area contributed by atoms with Crippen molar-refractivity contribution in [3.63, 3.8) is 0 Å². The van der Waals surface area contributed by atoms with E-state index in [1.165, 1.54) is 13.1 Å². The van der Waals surface area contributed by atoms with E-state index >= 15 is 0 Å². The Morgan fingerprint density at radius 1 is 0.889 bits per heavy atom. The van der Waals surface area contributed by atoms with Gasteiger partial charge in [0, 0.05) is 61.4 Å². The van der Waals surface area contributed by atoms with Crippen LogP contribution in [0.5, 0.6) is 0 Å². The number of amides is 1. The number of morpholine rings is 2. The van der Waals surface area contributed by atoms with E-state index in [9.17, 15) is 9.18 Å². The summed E-state index contributed by atoms with van der Waals surface area (Å²) in [6.07, 6.45) is 1.17. The zero-order valence-electron chi connectivity index (χ0n) is 20.2. The number of halogens is 1. The lowest BCUT2D eigenvalue weighted by Gasteiger charge is -2.33. The van der Waals surface area contributed by atoms with Gasteiger partial charge in [-0.3, -0.25) is 4.79 Å². The number of aromatic nitrogens is 2. The molecule has 0 saturated carbocycles. The maximum atomic E-state index is 14.7. The van der Waals surface area contributed by atoms with E-state index in [-0.39, 0.29) is 11.6 Å². The molecule has 1 amide bonds. The van der Waals surface area contributed by atoms with Crippen molar-refractivity contribution in [2.24, 2.45) is 0 Å². The summed E-state index contributed by atoms with van der Waals surface area (Å²) >= 11 is 0. The minimum absolute atomic E-state index is 0.168. The number of nitrogens with one attached hydrogen (secondary N) is 2. The van der Waals surface area contributed by atoms with E-state index < -0.39 is 5.82 Å². The molecule has 0 atom stereocenters. The number of nitrogens with zero attached hydrogens (tertiary/aromatic N) is 4. The molecule has 10 heteroatoms. The number of hydrogen-bond acceptors (Lipinski definition) is 8. The maximum Gasteiger partial charge on any atom is 0.227 e. The van der Waals surface area contributed by atoms with Crippen molar-refractivity contribution in [2.45, 2.75) is 6.92 Å². The molecule has 36 heavy (non-hydrogen) atoms. The minimum Gasteiger partial charge on any atom is -0.378 e. The number of carbonyl (C=O) groups is 1.